The first-order chi connectivity index (χ1) is 9.10. The van der Waals surface area contributed by atoms with E-state index in [1.54, 1.807) is 12.4 Å². The highest BCUT2D eigenvalue weighted by molar-refractivity contribution is 5.07. The molecule has 5 nitrogen and oxygen atoms in total. The van der Waals surface area contributed by atoms with Gasteiger partial charge in [0.1, 0.15) is 6.61 Å². The molecule has 1 rings (SSSR count). The van der Waals surface area contributed by atoms with Gasteiger partial charge in [-0.1, -0.05) is 0 Å². The van der Waals surface area contributed by atoms with E-state index in [0.717, 1.165) is 5.69 Å². The average molecular weight is 280 g/mol. The second kappa shape index (κ2) is 6.50. The minimum Gasteiger partial charge on any atom is -0.475 e. The molecule has 1 N–H and O–H groups in total. The van der Waals surface area contributed by atoms with Crippen LogP contribution in [0.15, 0.2) is 12.4 Å². The van der Waals surface area contributed by atoms with Crippen LogP contribution in [0.1, 0.15) is 40.3 Å². The van der Waals surface area contributed by atoms with Crippen molar-refractivity contribution in [2.24, 2.45) is 0 Å². The summed E-state index contributed by atoms with van der Waals surface area (Å²) in [4.78, 5) is 10.8. The van der Waals surface area contributed by atoms with Crippen molar-refractivity contribution >= 4 is 0 Å². The van der Waals surface area contributed by atoms with Gasteiger partial charge in [0.15, 0.2) is 0 Å². The van der Waals surface area contributed by atoms with Gasteiger partial charge in [-0.2, -0.15) is 0 Å². The molecular weight excluding hydrogens is 252 g/mol. The number of ether oxygens (including phenoxy) is 1. The average Bonchev–Trinajstić information content (AvgIpc) is 2.34. The zero-order valence-electron chi connectivity index (χ0n) is 13.8. The topological polar surface area (TPSA) is 50.3 Å². The fourth-order valence-corrected chi connectivity index (χ4v) is 1.24. The number of hydrogen-bond donors (Lipinski definition) is 1. The Balaban J connectivity index is 2.51. The number of hydrogen-bond acceptors (Lipinski definition) is 5. The summed E-state index contributed by atoms with van der Waals surface area (Å²) in [5.74, 6) is 0.569. The van der Waals surface area contributed by atoms with Crippen LogP contribution < -0.4 is 10.1 Å². The molecule has 1 aromatic rings. The van der Waals surface area contributed by atoms with E-state index < -0.39 is 0 Å². The maximum absolute atomic E-state index is 5.70. The van der Waals surface area contributed by atoms with Crippen molar-refractivity contribution < 1.29 is 4.74 Å². The van der Waals surface area contributed by atoms with Crippen molar-refractivity contribution in [3.8, 4) is 5.88 Å². The normalized spacial score (nSPS) is 12.8. The van der Waals surface area contributed by atoms with Crippen LogP contribution in [-0.2, 0) is 6.54 Å². The summed E-state index contributed by atoms with van der Waals surface area (Å²) < 4.78 is 5.70. The Labute approximate surface area is 122 Å². The van der Waals surface area contributed by atoms with Gasteiger partial charge in [-0.15, -0.1) is 0 Å². The van der Waals surface area contributed by atoms with Gasteiger partial charge in [0.2, 0.25) is 5.88 Å². The molecule has 0 saturated carbocycles. The standard InChI is InChI=1S/C15H28N4O/c1-14(2,3)18-9-12-8-17-13(10-16-12)20-11-15(4,5)19(6)7/h8,10,18H,9,11H2,1-7H3. The maximum atomic E-state index is 5.70. The summed E-state index contributed by atoms with van der Waals surface area (Å²) in [5, 5.41) is 3.38. The largest absolute Gasteiger partial charge is 0.475 e. The fraction of sp³-hybridized carbons (Fsp3) is 0.733. The highest BCUT2D eigenvalue weighted by Crippen LogP contribution is 2.13. The second-order valence-electron chi connectivity index (χ2n) is 6.95. The van der Waals surface area contributed by atoms with Crippen molar-refractivity contribution in [1.82, 2.24) is 20.2 Å². The molecule has 0 saturated heterocycles. The molecule has 0 radical (unpaired) electrons. The molecule has 0 aliphatic heterocycles. The number of aromatic nitrogens is 2. The van der Waals surface area contributed by atoms with E-state index in [1.807, 2.05) is 14.1 Å². The number of rotatable bonds is 6. The van der Waals surface area contributed by atoms with E-state index in [1.165, 1.54) is 0 Å². The lowest BCUT2D eigenvalue weighted by molar-refractivity contribution is 0.111. The van der Waals surface area contributed by atoms with Crippen molar-refractivity contribution in [1.29, 1.82) is 0 Å². The molecular formula is C15H28N4O. The molecule has 114 valence electrons. The second-order valence-corrected chi connectivity index (χ2v) is 6.95. The molecule has 0 aliphatic carbocycles. The molecule has 0 aromatic carbocycles. The van der Waals surface area contributed by atoms with Gasteiger partial charge in [0, 0.05) is 17.6 Å². The van der Waals surface area contributed by atoms with Crippen LogP contribution in [-0.4, -0.2) is 46.6 Å². The summed E-state index contributed by atoms with van der Waals surface area (Å²) in [6.45, 7) is 11.9. The minimum absolute atomic E-state index is 0.0336. The van der Waals surface area contributed by atoms with Crippen molar-refractivity contribution in [2.45, 2.75) is 52.2 Å². The molecule has 20 heavy (non-hydrogen) atoms. The third-order valence-electron chi connectivity index (χ3n) is 3.27. The monoisotopic (exact) mass is 280 g/mol. The van der Waals surface area contributed by atoms with Gasteiger partial charge in [0.05, 0.1) is 18.1 Å². The summed E-state index contributed by atoms with van der Waals surface area (Å²) >= 11 is 0. The van der Waals surface area contributed by atoms with E-state index in [9.17, 15) is 0 Å². The number of nitrogens with zero attached hydrogens (tertiary/aromatic N) is 3. The van der Waals surface area contributed by atoms with Crippen molar-refractivity contribution in [3.63, 3.8) is 0 Å². The third-order valence-corrected chi connectivity index (χ3v) is 3.27. The highest BCUT2D eigenvalue weighted by atomic mass is 16.5. The van der Waals surface area contributed by atoms with Gasteiger partial charge in [-0.25, -0.2) is 4.98 Å². The van der Waals surface area contributed by atoms with Crippen LogP contribution in [0, 0.1) is 0 Å². The Bertz CT molecular complexity index is 407. The quantitative estimate of drug-likeness (QED) is 0.864. The summed E-state index contributed by atoms with van der Waals surface area (Å²) in [6.07, 6.45) is 3.45. The Hall–Kier alpha value is -1.20. The maximum Gasteiger partial charge on any atom is 0.232 e. The van der Waals surface area contributed by atoms with Crippen LogP contribution in [0.3, 0.4) is 0 Å². The molecule has 5 heteroatoms. The molecule has 1 heterocycles. The van der Waals surface area contributed by atoms with Gasteiger partial charge >= 0.3 is 0 Å². The van der Waals surface area contributed by atoms with Gasteiger partial charge in [-0.05, 0) is 48.7 Å². The van der Waals surface area contributed by atoms with Gasteiger partial charge < -0.3 is 15.0 Å². The van der Waals surface area contributed by atoms with E-state index >= 15 is 0 Å². The predicted molar refractivity (Wildman–Crippen MR) is 81.9 cm³/mol. The zero-order chi connectivity index (χ0) is 15.4. The first kappa shape index (κ1) is 16.9. The zero-order valence-corrected chi connectivity index (χ0v) is 13.8. The van der Waals surface area contributed by atoms with Crippen LogP contribution >= 0.6 is 0 Å². The molecule has 1 aromatic heterocycles. The van der Waals surface area contributed by atoms with Crippen LogP contribution in [0.2, 0.25) is 0 Å². The Kier molecular flexibility index (Phi) is 5.48. The predicted octanol–water partition coefficient (Wildman–Crippen LogP) is 2.08. The van der Waals surface area contributed by atoms with Gasteiger partial charge in [-0.3, -0.25) is 4.98 Å². The Morgan fingerprint density at radius 1 is 1.10 bits per heavy atom. The van der Waals surface area contributed by atoms with E-state index in [2.05, 4.69) is 54.8 Å². The summed E-state index contributed by atoms with van der Waals surface area (Å²) in [5.41, 5.74) is 0.958. The molecule has 0 spiro atoms. The molecule has 0 aliphatic rings. The van der Waals surface area contributed by atoms with Crippen LogP contribution in [0.5, 0.6) is 5.88 Å². The number of likely N-dealkylation sites (N-methyl/N-ethyl adjacent to an activating group) is 1. The van der Waals surface area contributed by atoms with E-state index in [4.69, 9.17) is 4.74 Å². The lowest BCUT2D eigenvalue weighted by atomic mass is 10.1. The third kappa shape index (κ3) is 5.84. The van der Waals surface area contributed by atoms with Crippen LogP contribution in [0.25, 0.3) is 0 Å². The van der Waals surface area contributed by atoms with Crippen molar-refractivity contribution in [2.75, 3.05) is 20.7 Å². The Morgan fingerprint density at radius 2 is 1.75 bits per heavy atom. The van der Waals surface area contributed by atoms with Gasteiger partial charge in [0.25, 0.3) is 0 Å². The number of nitrogens with one attached hydrogen (secondary N) is 1. The first-order valence-electron chi connectivity index (χ1n) is 6.96. The van der Waals surface area contributed by atoms with Crippen LogP contribution in [0.4, 0.5) is 0 Å². The summed E-state index contributed by atoms with van der Waals surface area (Å²) in [7, 11) is 4.08. The SMILES string of the molecule is CN(C)C(C)(C)COc1cnc(CNC(C)(C)C)cn1. The summed E-state index contributed by atoms with van der Waals surface area (Å²) in [6, 6.07) is 0. The first-order valence-corrected chi connectivity index (χ1v) is 6.96. The lowest BCUT2D eigenvalue weighted by Crippen LogP contribution is -2.43. The minimum atomic E-state index is -0.0336. The fourth-order valence-electron chi connectivity index (χ4n) is 1.24. The smallest absolute Gasteiger partial charge is 0.232 e. The molecule has 0 fully saturated rings. The molecule has 0 amide bonds. The van der Waals surface area contributed by atoms with Crippen molar-refractivity contribution in [3.05, 3.63) is 18.1 Å². The molecule has 0 atom stereocenters. The Morgan fingerprint density at radius 3 is 2.20 bits per heavy atom. The highest BCUT2D eigenvalue weighted by Gasteiger charge is 2.21. The molecule has 0 unspecified atom stereocenters. The lowest BCUT2D eigenvalue weighted by Gasteiger charge is -2.31. The van der Waals surface area contributed by atoms with E-state index in [-0.39, 0.29) is 11.1 Å². The van der Waals surface area contributed by atoms with E-state index in [0.29, 0.717) is 19.0 Å². The molecule has 0 bridgehead atoms.